The first-order chi connectivity index (χ1) is 5.83. The maximum atomic E-state index is 5.85. The van der Waals surface area contributed by atoms with E-state index < -0.39 is 13.9 Å². The zero-order valence-electron chi connectivity index (χ0n) is 9.63. The van der Waals surface area contributed by atoms with Gasteiger partial charge in [0.05, 0.1) is 0 Å². The molecule has 0 spiro atoms. The van der Waals surface area contributed by atoms with Crippen LogP contribution in [0, 0.1) is 0 Å². The van der Waals surface area contributed by atoms with Gasteiger partial charge in [0.15, 0.2) is 0 Å². The Balaban J connectivity index is 3.66. The average molecular weight is 285 g/mol. The van der Waals surface area contributed by atoms with Crippen molar-refractivity contribution in [2.24, 2.45) is 0 Å². The van der Waals surface area contributed by atoms with Gasteiger partial charge in [-0.3, -0.25) is 0 Å². The minimum absolute atomic E-state index is 0.0591. The van der Waals surface area contributed by atoms with Gasteiger partial charge in [0, 0.05) is 0 Å². The third kappa shape index (κ3) is 9.62. The van der Waals surface area contributed by atoms with E-state index in [0.717, 1.165) is 12.7 Å². The first-order valence-electron chi connectivity index (χ1n) is 4.41. The fourth-order valence-electron chi connectivity index (χ4n) is 0.611. The summed E-state index contributed by atoms with van der Waals surface area (Å²) < 4.78 is 11.7. The zero-order valence-corrected chi connectivity index (χ0v) is 13.5. The standard InChI is InChI=1S/C8H22GeO2P2/c1-9(2,10-7-12(3)4)11-8-13(5)6/h7-8H2,1-6H3. The van der Waals surface area contributed by atoms with Crippen LogP contribution >= 0.6 is 15.8 Å². The molecular weight excluding hydrogens is 263 g/mol. The van der Waals surface area contributed by atoms with Crippen LogP contribution in [0.1, 0.15) is 0 Å². The normalized spacial score (nSPS) is 12.9. The maximum absolute atomic E-state index is 5.85. The van der Waals surface area contributed by atoms with E-state index in [1.165, 1.54) is 0 Å². The van der Waals surface area contributed by atoms with E-state index in [1.807, 2.05) is 0 Å². The van der Waals surface area contributed by atoms with Gasteiger partial charge < -0.3 is 0 Å². The summed E-state index contributed by atoms with van der Waals surface area (Å²) in [5.41, 5.74) is 0. The van der Waals surface area contributed by atoms with Gasteiger partial charge in [-0.1, -0.05) is 0 Å². The molecular formula is C8H22GeO2P2. The molecule has 0 aliphatic carbocycles. The molecule has 0 rings (SSSR count). The molecule has 0 aromatic carbocycles. The Labute approximate surface area is 88.3 Å². The second kappa shape index (κ2) is 6.74. The fourth-order valence-corrected chi connectivity index (χ4v) is 9.09. The van der Waals surface area contributed by atoms with E-state index in [2.05, 4.69) is 38.2 Å². The molecule has 0 fully saturated rings. The van der Waals surface area contributed by atoms with Gasteiger partial charge in [-0.15, -0.1) is 0 Å². The first kappa shape index (κ1) is 14.3. The average Bonchev–Trinajstić information content (AvgIpc) is 1.98. The van der Waals surface area contributed by atoms with Crippen molar-refractivity contribution < 1.29 is 7.53 Å². The van der Waals surface area contributed by atoms with Crippen LogP contribution in [0.3, 0.4) is 0 Å². The molecule has 0 saturated heterocycles. The molecule has 2 nitrogen and oxygen atoms in total. The van der Waals surface area contributed by atoms with E-state index >= 15 is 0 Å². The number of hydrogen-bond donors (Lipinski definition) is 0. The van der Waals surface area contributed by atoms with Crippen LogP contribution < -0.4 is 0 Å². The molecule has 0 aromatic rings. The van der Waals surface area contributed by atoms with Crippen LogP contribution in [0.5, 0.6) is 0 Å². The van der Waals surface area contributed by atoms with E-state index in [4.69, 9.17) is 7.53 Å². The molecule has 0 N–H and O–H groups in total. The summed E-state index contributed by atoms with van der Waals surface area (Å²) in [6, 6.07) is 0. The van der Waals surface area contributed by atoms with Gasteiger partial charge in [-0.25, -0.2) is 0 Å². The van der Waals surface area contributed by atoms with E-state index in [9.17, 15) is 0 Å². The quantitative estimate of drug-likeness (QED) is 0.551. The van der Waals surface area contributed by atoms with Crippen LogP contribution in [-0.4, -0.2) is 53.3 Å². The Morgan fingerprint density at radius 2 is 1.15 bits per heavy atom. The minimum atomic E-state index is -2.28. The molecule has 5 heteroatoms. The first-order valence-corrected chi connectivity index (χ1v) is 15.2. The van der Waals surface area contributed by atoms with E-state index in [-0.39, 0.29) is 15.8 Å². The van der Waals surface area contributed by atoms with Gasteiger partial charge >= 0.3 is 88.2 Å². The van der Waals surface area contributed by atoms with Crippen molar-refractivity contribution in [3.63, 3.8) is 0 Å². The van der Waals surface area contributed by atoms with Gasteiger partial charge in [0.2, 0.25) is 0 Å². The van der Waals surface area contributed by atoms with Crippen molar-refractivity contribution in [2.75, 3.05) is 39.4 Å². The Bertz CT molecular complexity index is 126. The molecule has 0 aliphatic rings. The topological polar surface area (TPSA) is 18.5 Å². The SMILES string of the molecule is CP(C)C[O][Ge]([CH3])([CH3])[O]CP(C)C. The van der Waals surface area contributed by atoms with Crippen molar-refractivity contribution in [3.8, 4) is 0 Å². The van der Waals surface area contributed by atoms with E-state index in [1.54, 1.807) is 0 Å². The van der Waals surface area contributed by atoms with Crippen LogP contribution in [-0.2, 0) is 7.53 Å². The van der Waals surface area contributed by atoms with Gasteiger partial charge in [0.1, 0.15) is 0 Å². The molecule has 0 saturated carbocycles. The summed E-state index contributed by atoms with van der Waals surface area (Å²) in [6.45, 7) is 8.95. The van der Waals surface area contributed by atoms with Crippen LogP contribution in [0.25, 0.3) is 0 Å². The molecule has 0 aliphatic heterocycles. The van der Waals surface area contributed by atoms with Crippen LogP contribution in [0.15, 0.2) is 0 Å². The van der Waals surface area contributed by atoms with Crippen molar-refractivity contribution in [1.29, 1.82) is 0 Å². The summed E-state index contributed by atoms with van der Waals surface area (Å²) in [5, 5.41) is 0. The second-order valence-corrected chi connectivity index (χ2v) is 16.0. The summed E-state index contributed by atoms with van der Waals surface area (Å²) in [4.78, 5) is 0. The molecule has 0 radical (unpaired) electrons. The molecule has 13 heavy (non-hydrogen) atoms. The molecule has 0 atom stereocenters. The Kier molecular flexibility index (Phi) is 7.43. The summed E-state index contributed by atoms with van der Waals surface area (Å²) in [5.74, 6) is 4.36. The molecule has 0 aromatic heterocycles. The second-order valence-electron chi connectivity index (χ2n) is 4.11. The van der Waals surface area contributed by atoms with E-state index in [0.29, 0.717) is 0 Å². The van der Waals surface area contributed by atoms with Crippen molar-refractivity contribution in [3.05, 3.63) is 0 Å². The predicted molar refractivity (Wildman–Crippen MR) is 66.9 cm³/mol. The molecule has 0 unspecified atom stereocenters. The number of hydrogen-bond acceptors (Lipinski definition) is 2. The molecule has 80 valence electrons. The van der Waals surface area contributed by atoms with Crippen molar-refractivity contribution in [1.82, 2.24) is 0 Å². The zero-order chi connectivity index (χ0) is 10.5. The molecule has 0 bridgehead atoms. The van der Waals surface area contributed by atoms with Crippen LogP contribution in [0.2, 0.25) is 11.5 Å². The summed E-state index contributed by atoms with van der Waals surface area (Å²) >= 11 is -2.28. The van der Waals surface area contributed by atoms with Crippen molar-refractivity contribution in [2.45, 2.75) is 11.5 Å². The Morgan fingerprint density at radius 1 is 0.846 bits per heavy atom. The number of rotatable bonds is 6. The Morgan fingerprint density at radius 3 is 1.38 bits per heavy atom. The fraction of sp³-hybridized carbons (Fsp3) is 1.00. The van der Waals surface area contributed by atoms with Gasteiger partial charge in [-0.2, -0.15) is 0 Å². The van der Waals surface area contributed by atoms with Gasteiger partial charge in [-0.05, 0) is 0 Å². The summed E-state index contributed by atoms with van der Waals surface area (Å²) in [6.07, 6.45) is 1.82. The molecule has 0 amide bonds. The summed E-state index contributed by atoms with van der Waals surface area (Å²) in [7, 11) is 0.118. The van der Waals surface area contributed by atoms with Crippen LogP contribution in [0.4, 0.5) is 0 Å². The predicted octanol–water partition coefficient (Wildman–Crippen LogP) is 3.12. The van der Waals surface area contributed by atoms with Gasteiger partial charge in [0.25, 0.3) is 0 Å². The third-order valence-corrected chi connectivity index (χ3v) is 7.17. The third-order valence-electron chi connectivity index (χ3n) is 1.34. The molecule has 0 heterocycles. The monoisotopic (exact) mass is 286 g/mol. The Hall–Kier alpha value is 1.32. The van der Waals surface area contributed by atoms with Crippen molar-refractivity contribution >= 4 is 29.8 Å².